The van der Waals surface area contributed by atoms with Gasteiger partial charge in [-0.3, -0.25) is 4.79 Å². The van der Waals surface area contributed by atoms with Gasteiger partial charge >= 0.3 is 0 Å². The summed E-state index contributed by atoms with van der Waals surface area (Å²) in [7, 11) is 1.54. The molecule has 4 aromatic rings. The second-order valence-electron chi connectivity index (χ2n) is 8.27. The molecule has 1 amide bonds. The number of benzene rings is 1. The number of hydrogen-bond donors (Lipinski definition) is 2. The van der Waals surface area contributed by atoms with Crippen LogP contribution in [0.3, 0.4) is 0 Å². The van der Waals surface area contributed by atoms with Gasteiger partial charge in [0.05, 0.1) is 18.0 Å². The SMILES string of the molecule is COc1nc(NC2CCN(C(C)=O)CC2)nc2[nH]cc(-c3ccc4nnn(CC(F)F)c4c3)c12. The van der Waals surface area contributed by atoms with Gasteiger partial charge in [-0.25, -0.2) is 13.5 Å². The first-order valence-corrected chi connectivity index (χ1v) is 11.0. The zero-order valence-electron chi connectivity index (χ0n) is 18.8. The van der Waals surface area contributed by atoms with Gasteiger partial charge in [-0.05, 0) is 30.5 Å². The molecule has 0 unspecified atom stereocenters. The molecule has 1 aliphatic rings. The molecule has 2 N–H and O–H groups in total. The average Bonchev–Trinajstić information content (AvgIpc) is 3.42. The summed E-state index contributed by atoms with van der Waals surface area (Å²) in [5.74, 6) is 0.917. The van der Waals surface area contributed by atoms with E-state index in [1.54, 1.807) is 32.4 Å². The highest BCUT2D eigenvalue weighted by atomic mass is 19.3. The van der Waals surface area contributed by atoms with Gasteiger partial charge in [-0.1, -0.05) is 11.3 Å². The van der Waals surface area contributed by atoms with Crippen molar-refractivity contribution < 1.29 is 18.3 Å². The monoisotopic (exact) mass is 470 g/mol. The number of nitrogens with zero attached hydrogens (tertiary/aromatic N) is 6. The van der Waals surface area contributed by atoms with Gasteiger partial charge in [0.2, 0.25) is 17.7 Å². The van der Waals surface area contributed by atoms with Crippen LogP contribution in [-0.2, 0) is 11.3 Å². The normalized spacial score (nSPS) is 14.9. The van der Waals surface area contributed by atoms with Crippen molar-refractivity contribution in [1.82, 2.24) is 34.8 Å². The predicted octanol–water partition coefficient (Wildman–Crippen LogP) is 3.07. The molecule has 4 heterocycles. The van der Waals surface area contributed by atoms with Crippen LogP contribution in [0.5, 0.6) is 5.88 Å². The molecule has 0 bridgehead atoms. The van der Waals surface area contributed by atoms with Crippen molar-refractivity contribution in [3.05, 3.63) is 24.4 Å². The summed E-state index contributed by atoms with van der Waals surface area (Å²) < 4.78 is 32.6. The van der Waals surface area contributed by atoms with Gasteiger partial charge < -0.3 is 19.9 Å². The van der Waals surface area contributed by atoms with E-state index in [1.807, 2.05) is 11.0 Å². The van der Waals surface area contributed by atoms with Gasteiger partial charge in [-0.2, -0.15) is 9.97 Å². The summed E-state index contributed by atoms with van der Waals surface area (Å²) in [4.78, 5) is 25.7. The number of piperidine rings is 1. The van der Waals surface area contributed by atoms with E-state index in [2.05, 4.69) is 30.6 Å². The van der Waals surface area contributed by atoms with Crippen molar-refractivity contribution in [3.63, 3.8) is 0 Å². The Balaban J connectivity index is 1.45. The highest BCUT2D eigenvalue weighted by Gasteiger charge is 2.23. The van der Waals surface area contributed by atoms with Gasteiger partial charge in [-0.15, -0.1) is 5.10 Å². The number of nitrogens with one attached hydrogen (secondary N) is 2. The molecule has 34 heavy (non-hydrogen) atoms. The molecule has 12 heteroatoms. The number of ether oxygens (including phenoxy) is 1. The van der Waals surface area contributed by atoms with Crippen LogP contribution in [-0.4, -0.2) is 73.4 Å². The number of hydrogen-bond acceptors (Lipinski definition) is 7. The number of aromatic nitrogens is 6. The number of halogens is 2. The summed E-state index contributed by atoms with van der Waals surface area (Å²) in [5, 5.41) is 11.8. The topological polar surface area (TPSA) is 114 Å². The van der Waals surface area contributed by atoms with E-state index >= 15 is 0 Å². The first-order chi connectivity index (χ1) is 16.4. The Hall–Kier alpha value is -3.83. The fourth-order valence-electron chi connectivity index (χ4n) is 4.36. The number of aromatic amines is 1. The third-order valence-corrected chi connectivity index (χ3v) is 6.10. The molecule has 0 atom stereocenters. The molecule has 10 nitrogen and oxygen atoms in total. The van der Waals surface area contributed by atoms with Crippen LogP contribution >= 0.6 is 0 Å². The second-order valence-corrected chi connectivity index (χ2v) is 8.27. The van der Waals surface area contributed by atoms with Crippen molar-refractivity contribution in [2.45, 2.75) is 38.8 Å². The Bertz CT molecular complexity index is 1340. The summed E-state index contributed by atoms with van der Waals surface area (Å²) in [5.41, 5.74) is 3.19. The molecule has 0 spiro atoms. The van der Waals surface area contributed by atoms with Crippen LogP contribution in [0.4, 0.5) is 14.7 Å². The molecule has 1 aliphatic heterocycles. The Labute approximate surface area is 193 Å². The van der Waals surface area contributed by atoms with Gasteiger partial charge in [0, 0.05) is 37.8 Å². The van der Waals surface area contributed by atoms with E-state index in [0.29, 0.717) is 47.0 Å². The summed E-state index contributed by atoms with van der Waals surface area (Å²) in [6, 6.07) is 5.52. The summed E-state index contributed by atoms with van der Waals surface area (Å²) in [6.45, 7) is 2.44. The zero-order chi connectivity index (χ0) is 23.8. The fourth-order valence-corrected chi connectivity index (χ4v) is 4.36. The molecular weight excluding hydrogens is 446 g/mol. The smallest absolute Gasteiger partial charge is 0.258 e. The summed E-state index contributed by atoms with van der Waals surface area (Å²) in [6.07, 6.45) is 0.870. The number of carbonyl (C=O) groups is 1. The van der Waals surface area contributed by atoms with E-state index in [4.69, 9.17) is 4.74 Å². The van der Waals surface area contributed by atoms with Crippen LogP contribution in [0.15, 0.2) is 24.4 Å². The predicted molar refractivity (Wildman–Crippen MR) is 122 cm³/mol. The zero-order valence-corrected chi connectivity index (χ0v) is 18.8. The van der Waals surface area contributed by atoms with Crippen LogP contribution < -0.4 is 10.1 Å². The van der Waals surface area contributed by atoms with E-state index in [-0.39, 0.29) is 11.9 Å². The van der Waals surface area contributed by atoms with E-state index in [1.165, 1.54) is 4.68 Å². The number of carbonyl (C=O) groups excluding carboxylic acids is 1. The minimum atomic E-state index is -2.53. The van der Waals surface area contributed by atoms with Crippen LogP contribution in [0.1, 0.15) is 19.8 Å². The van der Waals surface area contributed by atoms with E-state index in [9.17, 15) is 13.6 Å². The average molecular weight is 470 g/mol. The van der Waals surface area contributed by atoms with Gasteiger partial charge in [0.15, 0.2) is 0 Å². The second kappa shape index (κ2) is 8.84. The third-order valence-electron chi connectivity index (χ3n) is 6.10. The molecule has 1 saturated heterocycles. The molecule has 5 rings (SSSR count). The van der Waals surface area contributed by atoms with Crippen LogP contribution in [0, 0.1) is 0 Å². The Kier molecular flexibility index (Phi) is 5.72. The largest absolute Gasteiger partial charge is 0.480 e. The van der Waals surface area contributed by atoms with Crippen molar-refractivity contribution in [3.8, 4) is 17.0 Å². The quantitative estimate of drug-likeness (QED) is 0.445. The number of methoxy groups -OCH3 is 1. The molecular formula is C22H24F2N8O2. The maximum absolute atomic E-state index is 12.9. The van der Waals surface area contributed by atoms with Crippen molar-refractivity contribution in [1.29, 1.82) is 0 Å². The maximum Gasteiger partial charge on any atom is 0.258 e. The number of likely N-dealkylation sites (tertiary alicyclic amines) is 1. The number of H-pyrrole nitrogens is 1. The first kappa shape index (κ1) is 22.0. The molecule has 178 valence electrons. The van der Waals surface area contributed by atoms with Crippen LogP contribution in [0.25, 0.3) is 33.2 Å². The fraction of sp³-hybridized carbons (Fsp3) is 0.409. The number of amides is 1. The molecule has 3 aromatic heterocycles. The first-order valence-electron chi connectivity index (χ1n) is 11.0. The van der Waals surface area contributed by atoms with Crippen LogP contribution in [0.2, 0.25) is 0 Å². The highest BCUT2D eigenvalue weighted by molar-refractivity contribution is 5.99. The lowest BCUT2D eigenvalue weighted by Gasteiger charge is -2.31. The molecule has 0 radical (unpaired) electrons. The van der Waals surface area contributed by atoms with Crippen molar-refractivity contribution in [2.75, 3.05) is 25.5 Å². The Morgan fingerprint density at radius 1 is 1.29 bits per heavy atom. The maximum atomic E-state index is 12.9. The minimum absolute atomic E-state index is 0.0860. The lowest BCUT2D eigenvalue weighted by Crippen LogP contribution is -2.41. The number of anilines is 1. The number of alkyl halides is 2. The minimum Gasteiger partial charge on any atom is -0.480 e. The van der Waals surface area contributed by atoms with E-state index < -0.39 is 13.0 Å². The Morgan fingerprint density at radius 3 is 2.79 bits per heavy atom. The molecule has 0 saturated carbocycles. The highest BCUT2D eigenvalue weighted by Crippen LogP contribution is 2.35. The molecule has 1 fully saturated rings. The molecule has 0 aliphatic carbocycles. The van der Waals surface area contributed by atoms with Gasteiger partial charge in [0.25, 0.3) is 6.43 Å². The number of fused-ring (bicyclic) bond motifs is 2. The Morgan fingerprint density at radius 2 is 2.09 bits per heavy atom. The van der Waals surface area contributed by atoms with Crippen molar-refractivity contribution >= 4 is 33.9 Å². The van der Waals surface area contributed by atoms with Crippen molar-refractivity contribution in [2.24, 2.45) is 0 Å². The summed E-state index contributed by atoms with van der Waals surface area (Å²) >= 11 is 0. The van der Waals surface area contributed by atoms with E-state index in [0.717, 1.165) is 24.0 Å². The lowest BCUT2D eigenvalue weighted by atomic mass is 10.1. The lowest BCUT2D eigenvalue weighted by molar-refractivity contribution is -0.129. The third kappa shape index (κ3) is 4.11. The molecule has 1 aromatic carbocycles. The number of rotatable bonds is 6. The van der Waals surface area contributed by atoms with Gasteiger partial charge in [0.1, 0.15) is 17.7 Å². The standard InChI is InChI=1S/C22H24F2N8O2/c1-12(33)31-7-5-14(6-8-31)26-22-27-20-19(21(28-22)34-2)15(10-25-20)13-3-4-16-17(9-13)32(30-29-16)11-18(23)24/h3-4,9-10,14,18H,5-8,11H2,1-2H3,(H2,25,26,27,28).